The average molecular weight is 250 g/mol. The molecule has 0 amide bonds. The molecule has 18 heavy (non-hydrogen) atoms. The number of hydrogen-bond donors (Lipinski definition) is 0. The second-order valence-corrected chi connectivity index (χ2v) is 4.73. The van der Waals surface area contributed by atoms with Gasteiger partial charge in [-0.1, -0.05) is 13.0 Å². The molecule has 4 heteroatoms. The molecular weight excluding hydrogens is 228 g/mol. The summed E-state index contributed by atoms with van der Waals surface area (Å²) in [5.74, 6) is 1.02. The van der Waals surface area contributed by atoms with E-state index >= 15 is 0 Å². The monoisotopic (exact) mass is 250 g/mol. The van der Waals surface area contributed by atoms with E-state index < -0.39 is 0 Å². The first-order valence-electron chi connectivity index (χ1n) is 6.51. The molecule has 1 aliphatic rings. The Morgan fingerprint density at radius 2 is 2.22 bits per heavy atom. The van der Waals surface area contributed by atoms with Crippen LogP contribution >= 0.6 is 0 Å². The van der Waals surface area contributed by atoms with Crippen LogP contribution in [0.4, 0.5) is 5.82 Å². The zero-order chi connectivity index (χ0) is 13.0. The zero-order valence-corrected chi connectivity index (χ0v) is 11.4. The van der Waals surface area contributed by atoms with Gasteiger partial charge in [-0.05, 0) is 24.5 Å². The molecule has 0 N–H and O–H groups in total. The Kier molecular flexibility index (Phi) is 4.55. The van der Waals surface area contributed by atoms with Crippen molar-refractivity contribution in [3.63, 3.8) is 0 Å². The van der Waals surface area contributed by atoms with Gasteiger partial charge >= 0.3 is 0 Å². The lowest BCUT2D eigenvalue weighted by Gasteiger charge is -2.24. The van der Waals surface area contributed by atoms with E-state index in [9.17, 15) is 0 Å². The van der Waals surface area contributed by atoms with E-state index in [0.29, 0.717) is 6.04 Å². The van der Waals surface area contributed by atoms with Crippen LogP contribution in [0.15, 0.2) is 18.3 Å². The average Bonchev–Trinajstić information content (AvgIpc) is 2.82. The van der Waals surface area contributed by atoms with Gasteiger partial charge in [-0.2, -0.15) is 0 Å². The second-order valence-electron chi connectivity index (χ2n) is 4.73. The minimum Gasteiger partial charge on any atom is -0.383 e. The Hall–Kier alpha value is -1.13. The number of ether oxygens (including phenoxy) is 2. The van der Waals surface area contributed by atoms with Crippen molar-refractivity contribution in [2.45, 2.75) is 31.9 Å². The maximum Gasteiger partial charge on any atom is 0.128 e. The fraction of sp³-hybridized carbons (Fsp3) is 0.643. The van der Waals surface area contributed by atoms with E-state index in [1.807, 2.05) is 6.20 Å². The Labute approximate surface area is 109 Å². The summed E-state index contributed by atoms with van der Waals surface area (Å²) >= 11 is 0. The lowest BCUT2D eigenvalue weighted by molar-refractivity contribution is 0.111. The predicted octanol–water partition coefficient (Wildman–Crippen LogP) is 1.88. The van der Waals surface area contributed by atoms with Crippen molar-refractivity contribution in [1.82, 2.24) is 4.98 Å². The first-order chi connectivity index (χ1) is 8.78. The summed E-state index contributed by atoms with van der Waals surface area (Å²) < 4.78 is 10.7. The maximum atomic E-state index is 5.46. The molecule has 100 valence electrons. The van der Waals surface area contributed by atoms with Crippen LogP contribution in [-0.2, 0) is 15.9 Å². The molecule has 2 heterocycles. The molecule has 0 aromatic carbocycles. The van der Waals surface area contributed by atoms with Gasteiger partial charge in [0, 0.05) is 27.0 Å². The maximum absolute atomic E-state index is 5.46. The van der Waals surface area contributed by atoms with Gasteiger partial charge in [-0.15, -0.1) is 0 Å². The molecule has 2 rings (SSSR count). The molecule has 1 fully saturated rings. The van der Waals surface area contributed by atoms with Crippen molar-refractivity contribution >= 4 is 5.82 Å². The summed E-state index contributed by atoms with van der Waals surface area (Å²) in [5.41, 5.74) is 1.27. The van der Waals surface area contributed by atoms with E-state index in [1.165, 1.54) is 5.56 Å². The highest BCUT2D eigenvalue weighted by atomic mass is 16.5. The molecule has 4 nitrogen and oxygen atoms in total. The second kappa shape index (κ2) is 6.16. The standard InChI is InChI=1S/C14H22N2O2/c1-4-11-5-6-14(15-8-11)16-9-13(18-3)7-12(16)10-17-2/h5-6,8,12-13H,4,7,9-10H2,1-3H3/t12-,13+/m0/s1. The zero-order valence-electron chi connectivity index (χ0n) is 11.4. The van der Waals surface area contributed by atoms with Crippen molar-refractivity contribution in [2.75, 3.05) is 32.3 Å². The van der Waals surface area contributed by atoms with E-state index in [4.69, 9.17) is 9.47 Å². The molecule has 2 atom stereocenters. The van der Waals surface area contributed by atoms with Gasteiger partial charge in [0.05, 0.1) is 18.8 Å². The van der Waals surface area contributed by atoms with Crippen LogP contribution in [0.1, 0.15) is 18.9 Å². The van der Waals surface area contributed by atoms with Gasteiger partial charge in [0.25, 0.3) is 0 Å². The van der Waals surface area contributed by atoms with E-state index in [2.05, 4.69) is 28.9 Å². The lowest BCUT2D eigenvalue weighted by atomic mass is 10.2. The Morgan fingerprint density at radius 1 is 1.39 bits per heavy atom. The smallest absolute Gasteiger partial charge is 0.128 e. The molecule has 1 aromatic rings. The summed E-state index contributed by atoms with van der Waals surface area (Å²) in [4.78, 5) is 6.84. The first-order valence-corrected chi connectivity index (χ1v) is 6.51. The molecule has 0 aliphatic carbocycles. The Balaban J connectivity index is 2.13. The highest BCUT2D eigenvalue weighted by Crippen LogP contribution is 2.25. The lowest BCUT2D eigenvalue weighted by Crippen LogP contribution is -2.33. The van der Waals surface area contributed by atoms with Crippen LogP contribution in [0.25, 0.3) is 0 Å². The van der Waals surface area contributed by atoms with Gasteiger partial charge in [0.2, 0.25) is 0 Å². The van der Waals surface area contributed by atoms with Crippen molar-refractivity contribution in [1.29, 1.82) is 0 Å². The molecule has 0 spiro atoms. The third-order valence-corrected chi connectivity index (χ3v) is 3.58. The number of pyridine rings is 1. The molecule has 1 aliphatic heterocycles. The number of methoxy groups -OCH3 is 2. The minimum atomic E-state index is 0.276. The number of hydrogen-bond acceptors (Lipinski definition) is 4. The Morgan fingerprint density at radius 3 is 2.78 bits per heavy atom. The number of rotatable bonds is 5. The van der Waals surface area contributed by atoms with Crippen molar-refractivity contribution < 1.29 is 9.47 Å². The fourth-order valence-electron chi connectivity index (χ4n) is 2.47. The number of aryl methyl sites for hydroxylation is 1. The van der Waals surface area contributed by atoms with E-state index in [1.54, 1.807) is 14.2 Å². The number of anilines is 1. The van der Waals surface area contributed by atoms with Crippen LogP contribution in [-0.4, -0.2) is 44.5 Å². The summed E-state index contributed by atoms with van der Waals surface area (Å²) in [6, 6.07) is 4.60. The van der Waals surface area contributed by atoms with Gasteiger partial charge < -0.3 is 14.4 Å². The summed E-state index contributed by atoms with van der Waals surface area (Å²) in [5, 5.41) is 0. The van der Waals surface area contributed by atoms with E-state index in [-0.39, 0.29) is 6.10 Å². The largest absolute Gasteiger partial charge is 0.383 e. The normalized spacial score (nSPS) is 23.6. The third-order valence-electron chi connectivity index (χ3n) is 3.58. The van der Waals surface area contributed by atoms with Crippen LogP contribution in [0, 0.1) is 0 Å². The van der Waals surface area contributed by atoms with Crippen LogP contribution in [0.3, 0.4) is 0 Å². The topological polar surface area (TPSA) is 34.6 Å². The number of aromatic nitrogens is 1. The van der Waals surface area contributed by atoms with Crippen LogP contribution < -0.4 is 4.90 Å². The SMILES string of the molecule is CCc1ccc(N2C[C@H](OC)C[C@H]2COC)nc1. The molecule has 0 saturated carbocycles. The quantitative estimate of drug-likeness (QED) is 0.799. The van der Waals surface area contributed by atoms with Crippen molar-refractivity contribution in [3.05, 3.63) is 23.9 Å². The van der Waals surface area contributed by atoms with Gasteiger partial charge in [0.1, 0.15) is 5.82 Å². The first kappa shape index (κ1) is 13.3. The Bertz CT molecular complexity index is 367. The van der Waals surface area contributed by atoms with E-state index in [0.717, 1.165) is 31.8 Å². The highest BCUT2D eigenvalue weighted by Gasteiger charge is 2.32. The molecular formula is C14H22N2O2. The van der Waals surface area contributed by atoms with Gasteiger partial charge in [-0.25, -0.2) is 4.98 Å². The van der Waals surface area contributed by atoms with Crippen molar-refractivity contribution in [2.24, 2.45) is 0 Å². The van der Waals surface area contributed by atoms with Gasteiger partial charge in [0.15, 0.2) is 0 Å². The highest BCUT2D eigenvalue weighted by molar-refractivity contribution is 5.42. The van der Waals surface area contributed by atoms with Crippen LogP contribution in [0.5, 0.6) is 0 Å². The molecule has 0 unspecified atom stereocenters. The fourth-order valence-corrected chi connectivity index (χ4v) is 2.47. The molecule has 1 aromatic heterocycles. The summed E-state index contributed by atoms with van der Waals surface area (Å²) in [6.45, 7) is 3.75. The summed E-state index contributed by atoms with van der Waals surface area (Å²) in [6.07, 6.45) is 4.26. The minimum absolute atomic E-state index is 0.276. The molecule has 0 radical (unpaired) electrons. The third kappa shape index (κ3) is 2.82. The molecule has 0 bridgehead atoms. The molecule has 1 saturated heterocycles. The van der Waals surface area contributed by atoms with Crippen LogP contribution in [0.2, 0.25) is 0 Å². The summed E-state index contributed by atoms with van der Waals surface area (Å²) in [7, 11) is 3.51. The van der Waals surface area contributed by atoms with Gasteiger partial charge in [-0.3, -0.25) is 0 Å². The number of nitrogens with zero attached hydrogens (tertiary/aromatic N) is 2. The predicted molar refractivity (Wildman–Crippen MR) is 72.0 cm³/mol. The van der Waals surface area contributed by atoms with Crippen molar-refractivity contribution in [3.8, 4) is 0 Å².